The monoisotopic (exact) mass is 207 g/mol. The lowest BCUT2D eigenvalue weighted by atomic mass is 10.2. The van der Waals surface area contributed by atoms with Crippen LogP contribution in [-0.4, -0.2) is 23.5 Å². The second-order valence-corrected chi connectivity index (χ2v) is 3.41. The third-order valence-corrected chi connectivity index (χ3v) is 2.24. The summed E-state index contributed by atoms with van der Waals surface area (Å²) in [5.41, 5.74) is 6.74. The molecule has 0 bridgehead atoms. The van der Waals surface area contributed by atoms with Crippen LogP contribution < -0.4 is 11.1 Å². The Morgan fingerprint density at radius 3 is 2.80 bits per heavy atom. The molecular weight excluding hydrogens is 190 g/mol. The van der Waals surface area contributed by atoms with E-state index in [1.54, 1.807) is 12.4 Å². The Bertz CT molecular complexity index is 300. The normalized spacial score (nSPS) is 12.1. The molecule has 0 aliphatic heterocycles. The van der Waals surface area contributed by atoms with Crippen molar-refractivity contribution in [3.63, 3.8) is 0 Å². The van der Waals surface area contributed by atoms with Gasteiger partial charge in [-0.3, -0.25) is 9.78 Å². The standard InChI is InChI=1S/C11H17N3O/c1-2-10(12)11(15)14-8-5-9-3-6-13-7-4-9/h3-4,6-7,10H,2,5,8,12H2,1H3,(H,14,15)/t10-/m1/s1. The summed E-state index contributed by atoms with van der Waals surface area (Å²) in [7, 11) is 0. The summed E-state index contributed by atoms with van der Waals surface area (Å²) in [5, 5.41) is 2.80. The number of aromatic nitrogens is 1. The smallest absolute Gasteiger partial charge is 0.236 e. The van der Waals surface area contributed by atoms with E-state index < -0.39 is 0 Å². The van der Waals surface area contributed by atoms with Gasteiger partial charge in [0.05, 0.1) is 6.04 Å². The van der Waals surface area contributed by atoms with E-state index in [4.69, 9.17) is 5.73 Å². The number of nitrogens with two attached hydrogens (primary N) is 1. The minimum Gasteiger partial charge on any atom is -0.354 e. The summed E-state index contributed by atoms with van der Waals surface area (Å²) in [4.78, 5) is 15.2. The van der Waals surface area contributed by atoms with Crippen LogP contribution in [0.25, 0.3) is 0 Å². The molecule has 15 heavy (non-hydrogen) atoms. The number of pyridine rings is 1. The van der Waals surface area contributed by atoms with Gasteiger partial charge in [-0.1, -0.05) is 6.92 Å². The van der Waals surface area contributed by atoms with Crippen molar-refractivity contribution in [1.29, 1.82) is 0 Å². The van der Waals surface area contributed by atoms with Crippen LogP contribution >= 0.6 is 0 Å². The molecule has 1 rings (SSSR count). The van der Waals surface area contributed by atoms with Crippen molar-refractivity contribution < 1.29 is 4.79 Å². The first-order valence-corrected chi connectivity index (χ1v) is 5.16. The van der Waals surface area contributed by atoms with E-state index in [1.165, 1.54) is 0 Å². The van der Waals surface area contributed by atoms with Crippen LogP contribution in [0.2, 0.25) is 0 Å². The summed E-state index contributed by atoms with van der Waals surface area (Å²) in [5.74, 6) is -0.0773. The fourth-order valence-corrected chi connectivity index (χ4v) is 1.20. The van der Waals surface area contributed by atoms with Gasteiger partial charge in [0.25, 0.3) is 0 Å². The minimum atomic E-state index is -0.387. The predicted octanol–water partition coefficient (Wildman–Crippen LogP) is 0.478. The van der Waals surface area contributed by atoms with Crippen LogP contribution in [-0.2, 0) is 11.2 Å². The van der Waals surface area contributed by atoms with Crippen molar-refractivity contribution in [3.05, 3.63) is 30.1 Å². The van der Waals surface area contributed by atoms with Gasteiger partial charge in [0.2, 0.25) is 5.91 Å². The summed E-state index contributed by atoms with van der Waals surface area (Å²) in [6.07, 6.45) is 4.97. The Labute approximate surface area is 89.9 Å². The lowest BCUT2D eigenvalue weighted by Gasteiger charge is -2.09. The minimum absolute atomic E-state index is 0.0773. The molecule has 0 aromatic carbocycles. The molecule has 0 spiro atoms. The maximum absolute atomic E-state index is 11.3. The van der Waals surface area contributed by atoms with Crippen molar-refractivity contribution in [2.45, 2.75) is 25.8 Å². The second-order valence-electron chi connectivity index (χ2n) is 3.41. The summed E-state index contributed by atoms with van der Waals surface area (Å²) in [6.45, 7) is 2.52. The highest BCUT2D eigenvalue weighted by Crippen LogP contribution is 1.96. The van der Waals surface area contributed by atoms with Crippen molar-refractivity contribution in [3.8, 4) is 0 Å². The predicted molar refractivity (Wildman–Crippen MR) is 59.2 cm³/mol. The zero-order valence-electron chi connectivity index (χ0n) is 8.94. The largest absolute Gasteiger partial charge is 0.354 e. The maximum Gasteiger partial charge on any atom is 0.236 e. The first kappa shape index (κ1) is 11.7. The molecule has 4 heteroatoms. The first-order chi connectivity index (χ1) is 7.24. The number of nitrogens with one attached hydrogen (secondary N) is 1. The number of rotatable bonds is 5. The van der Waals surface area contributed by atoms with Crippen LogP contribution in [0.5, 0.6) is 0 Å². The summed E-state index contributed by atoms with van der Waals surface area (Å²) in [6, 6.07) is 3.49. The molecule has 1 heterocycles. The Morgan fingerprint density at radius 2 is 2.20 bits per heavy atom. The topological polar surface area (TPSA) is 68.0 Å². The molecule has 1 amide bonds. The summed E-state index contributed by atoms with van der Waals surface area (Å²) < 4.78 is 0. The van der Waals surface area contributed by atoms with Crippen molar-refractivity contribution >= 4 is 5.91 Å². The quantitative estimate of drug-likeness (QED) is 0.737. The number of carbonyl (C=O) groups excluding carboxylic acids is 1. The van der Waals surface area contributed by atoms with E-state index in [1.807, 2.05) is 19.1 Å². The molecule has 3 N–H and O–H groups in total. The number of nitrogens with zero attached hydrogens (tertiary/aromatic N) is 1. The van der Waals surface area contributed by atoms with Crippen molar-refractivity contribution in [2.75, 3.05) is 6.54 Å². The SMILES string of the molecule is CC[C@@H](N)C(=O)NCCc1ccncc1. The Hall–Kier alpha value is -1.42. The van der Waals surface area contributed by atoms with Crippen molar-refractivity contribution in [2.24, 2.45) is 5.73 Å². The van der Waals surface area contributed by atoms with E-state index >= 15 is 0 Å². The van der Waals surface area contributed by atoms with Crippen LogP contribution in [0.15, 0.2) is 24.5 Å². The zero-order valence-corrected chi connectivity index (χ0v) is 8.94. The number of hydrogen-bond donors (Lipinski definition) is 2. The number of carbonyl (C=O) groups is 1. The third kappa shape index (κ3) is 4.08. The lowest BCUT2D eigenvalue weighted by Crippen LogP contribution is -2.40. The number of hydrogen-bond acceptors (Lipinski definition) is 3. The molecule has 0 aliphatic rings. The molecule has 0 saturated heterocycles. The molecule has 0 aliphatic carbocycles. The molecule has 0 saturated carbocycles. The third-order valence-electron chi connectivity index (χ3n) is 2.24. The van der Waals surface area contributed by atoms with Gasteiger partial charge in [-0.2, -0.15) is 0 Å². The zero-order chi connectivity index (χ0) is 11.1. The van der Waals surface area contributed by atoms with Crippen LogP contribution in [0, 0.1) is 0 Å². The van der Waals surface area contributed by atoms with Gasteiger partial charge in [0, 0.05) is 18.9 Å². The molecule has 0 radical (unpaired) electrons. The molecule has 82 valence electrons. The van der Waals surface area contributed by atoms with Gasteiger partial charge in [-0.25, -0.2) is 0 Å². The first-order valence-electron chi connectivity index (χ1n) is 5.16. The molecule has 1 atom stereocenters. The second kappa shape index (κ2) is 6.14. The molecular formula is C11H17N3O. The van der Waals surface area contributed by atoms with Gasteiger partial charge in [-0.15, -0.1) is 0 Å². The molecule has 1 aromatic rings. The van der Waals surface area contributed by atoms with Gasteiger partial charge in [0.15, 0.2) is 0 Å². The van der Waals surface area contributed by atoms with E-state index in [9.17, 15) is 4.79 Å². The molecule has 1 aromatic heterocycles. The van der Waals surface area contributed by atoms with E-state index in [-0.39, 0.29) is 11.9 Å². The van der Waals surface area contributed by atoms with Gasteiger partial charge >= 0.3 is 0 Å². The lowest BCUT2D eigenvalue weighted by molar-refractivity contribution is -0.122. The van der Waals surface area contributed by atoms with Crippen molar-refractivity contribution in [1.82, 2.24) is 10.3 Å². The van der Waals surface area contributed by atoms with Crippen LogP contribution in [0.4, 0.5) is 0 Å². The summed E-state index contributed by atoms with van der Waals surface area (Å²) >= 11 is 0. The van der Waals surface area contributed by atoms with Gasteiger partial charge < -0.3 is 11.1 Å². The van der Waals surface area contributed by atoms with E-state index in [0.29, 0.717) is 13.0 Å². The highest BCUT2D eigenvalue weighted by atomic mass is 16.2. The Balaban J connectivity index is 2.25. The highest BCUT2D eigenvalue weighted by molar-refractivity contribution is 5.81. The Morgan fingerprint density at radius 1 is 1.53 bits per heavy atom. The van der Waals surface area contributed by atoms with Gasteiger partial charge in [0.1, 0.15) is 0 Å². The fraction of sp³-hybridized carbons (Fsp3) is 0.455. The average Bonchev–Trinajstić information content (AvgIpc) is 2.29. The molecule has 4 nitrogen and oxygen atoms in total. The Kier molecular flexibility index (Phi) is 4.77. The van der Waals surface area contributed by atoms with Crippen LogP contribution in [0.3, 0.4) is 0 Å². The van der Waals surface area contributed by atoms with E-state index in [0.717, 1.165) is 12.0 Å². The molecule has 0 unspecified atom stereocenters. The fourth-order valence-electron chi connectivity index (χ4n) is 1.20. The van der Waals surface area contributed by atoms with Crippen LogP contribution in [0.1, 0.15) is 18.9 Å². The average molecular weight is 207 g/mol. The highest BCUT2D eigenvalue weighted by Gasteiger charge is 2.09. The number of amides is 1. The van der Waals surface area contributed by atoms with E-state index in [2.05, 4.69) is 10.3 Å². The van der Waals surface area contributed by atoms with Gasteiger partial charge in [-0.05, 0) is 30.5 Å². The maximum atomic E-state index is 11.3. The molecule has 0 fully saturated rings.